The van der Waals surface area contributed by atoms with Crippen molar-refractivity contribution in [3.63, 3.8) is 0 Å². The zero-order chi connectivity index (χ0) is 14.1. The van der Waals surface area contributed by atoms with Crippen molar-refractivity contribution in [2.45, 2.75) is 44.7 Å². The number of fused-ring (bicyclic) bond motifs is 1. The number of benzene rings is 1. The number of halogens is 2. The normalized spacial score (nSPS) is 25.0. The predicted molar refractivity (Wildman–Crippen MR) is 87.8 cm³/mol. The second-order valence-electron chi connectivity index (χ2n) is 6.01. The third kappa shape index (κ3) is 3.53. The zero-order valence-electron chi connectivity index (χ0n) is 12.1. The highest BCUT2D eigenvalue weighted by molar-refractivity contribution is 6.31. The van der Waals surface area contributed by atoms with Crippen molar-refractivity contribution < 1.29 is 4.79 Å². The van der Waals surface area contributed by atoms with Crippen LogP contribution in [-0.4, -0.2) is 23.4 Å². The van der Waals surface area contributed by atoms with Gasteiger partial charge in [-0.1, -0.05) is 30.2 Å². The van der Waals surface area contributed by atoms with Crippen LogP contribution in [0.15, 0.2) is 18.2 Å². The quantitative estimate of drug-likeness (QED) is 0.860. The fraction of sp³-hybridized carbons (Fsp3) is 0.562. The molecule has 2 unspecified atom stereocenters. The van der Waals surface area contributed by atoms with Gasteiger partial charge in [-0.15, -0.1) is 12.4 Å². The average molecular weight is 329 g/mol. The Morgan fingerprint density at radius 3 is 2.90 bits per heavy atom. The standard InChI is InChI=1S/C16H21ClN2O.ClH/c17-15-6-2-4-12-10-19(8-7-14(12)15)16(20)11-3-1-5-13(18)9-11;/h2,4,6,11,13H,1,3,5,7-10,18H2;1H. The maximum atomic E-state index is 12.6. The first-order valence-electron chi connectivity index (χ1n) is 7.46. The molecule has 2 N–H and O–H groups in total. The molecule has 0 bridgehead atoms. The van der Waals surface area contributed by atoms with Crippen molar-refractivity contribution >= 4 is 29.9 Å². The lowest BCUT2D eigenvalue weighted by Crippen LogP contribution is -2.42. The van der Waals surface area contributed by atoms with Crippen molar-refractivity contribution in [1.82, 2.24) is 4.90 Å². The number of amides is 1. The van der Waals surface area contributed by atoms with E-state index in [1.54, 1.807) is 0 Å². The summed E-state index contributed by atoms with van der Waals surface area (Å²) in [6.45, 7) is 1.47. The molecular weight excluding hydrogens is 307 g/mol. The summed E-state index contributed by atoms with van der Waals surface area (Å²) in [5, 5.41) is 0.828. The largest absolute Gasteiger partial charge is 0.338 e. The van der Waals surface area contributed by atoms with Gasteiger partial charge in [0.1, 0.15) is 0 Å². The third-order valence-corrected chi connectivity index (χ3v) is 4.94. The van der Waals surface area contributed by atoms with Gasteiger partial charge in [0, 0.05) is 30.1 Å². The Labute approximate surface area is 137 Å². The number of hydrogen-bond donors (Lipinski definition) is 1. The lowest BCUT2D eigenvalue weighted by Gasteiger charge is -2.34. The minimum Gasteiger partial charge on any atom is -0.338 e. The van der Waals surface area contributed by atoms with Crippen LogP contribution in [0.3, 0.4) is 0 Å². The van der Waals surface area contributed by atoms with E-state index in [-0.39, 0.29) is 30.3 Å². The minimum absolute atomic E-state index is 0. The molecule has 2 aliphatic rings. The van der Waals surface area contributed by atoms with Gasteiger partial charge >= 0.3 is 0 Å². The fourth-order valence-corrected chi connectivity index (χ4v) is 3.75. The van der Waals surface area contributed by atoms with E-state index in [2.05, 4.69) is 6.07 Å². The van der Waals surface area contributed by atoms with Crippen LogP contribution < -0.4 is 5.73 Å². The fourth-order valence-electron chi connectivity index (χ4n) is 3.46. The van der Waals surface area contributed by atoms with Gasteiger partial charge in [0.25, 0.3) is 0 Å². The Kier molecular flexibility index (Phi) is 5.53. The van der Waals surface area contributed by atoms with Crippen LogP contribution in [0.1, 0.15) is 36.8 Å². The third-order valence-electron chi connectivity index (χ3n) is 4.58. The van der Waals surface area contributed by atoms with Gasteiger partial charge in [-0.3, -0.25) is 4.79 Å². The second kappa shape index (κ2) is 6.99. The summed E-state index contributed by atoms with van der Waals surface area (Å²) < 4.78 is 0. The van der Waals surface area contributed by atoms with Gasteiger partial charge in [-0.2, -0.15) is 0 Å². The van der Waals surface area contributed by atoms with Gasteiger partial charge < -0.3 is 10.6 Å². The maximum absolute atomic E-state index is 12.6. The summed E-state index contributed by atoms with van der Waals surface area (Å²) >= 11 is 6.22. The minimum atomic E-state index is 0. The highest BCUT2D eigenvalue weighted by atomic mass is 35.5. The summed E-state index contributed by atoms with van der Waals surface area (Å²) in [5.41, 5.74) is 8.40. The van der Waals surface area contributed by atoms with E-state index in [4.69, 9.17) is 17.3 Å². The van der Waals surface area contributed by atoms with E-state index in [0.29, 0.717) is 6.54 Å². The molecule has 5 heteroatoms. The molecule has 1 aliphatic heterocycles. The molecule has 1 aliphatic carbocycles. The van der Waals surface area contributed by atoms with Crippen molar-refractivity contribution in [2.24, 2.45) is 11.7 Å². The first-order valence-corrected chi connectivity index (χ1v) is 7.83. The smallest absolute Gasteiger partial charge is 0.226 e. The molecule has 0 radical (unpaired) electrons. The molecule has 3 nitrogen and oxygen atoms in total. The predicted octanol–water partition coefficient (Wildman–Crippen LogP) is 3.16. The van der Waals surface area contributed by atoms with Crippen LogP contribution in [0.2, 0.25) is 5.02 Å². The van der Waals surface area contributed by atoms with Crippen molar-refractivity contribution in [3.8, 4) is 0 Å². The first-order chi connectivity index (χ1) is 9.65. The molecule has 1 aromatic rings. The summed E-state index contributed by atoms with van der Waals surface area (Å²) in [4.78, 5) is 14.6. The molecule has 21 heavy (non-hydrogen) atoms. The van der Waals surface area contributed by atoms with Crippen molar-refractivity contribution in [2.75, 3.05) is 6.54 Å². The molecule has 1 heterocycles. The van der Waals surface area contributed by atoms with Gasteiger partial charge in [-0.05, 0) is 42.9 Å². The lowest BCUT2D eigenvalue weighted by molar-refractivity contribution is -0.137. The van der Waals surface area contributed by atoms with Crippen LogP contribution in [0.5, 0.6) is 0 Å². The maximum Gasteiger partial charge on any atom is 0.226 e. The summed E-state index contributed by atoms with van der Waals surface area (Å²) in [6.07, 6.45) is 4.83. The highest BCUT2D eigenvalue weighted by Crippen LogP contribution is 2.29. The molecule has 3 rings (SSSR count). The van der Waals surface area contributed by atoms with Crippen LogP contribution >= 0.6 is 24.0 Å². The Hall–Kier alpha value is -0.770. The van der Waals surface area contributed by atoms with E-state index in [0.717, 1.165) is 43.7 Å². The second-order valence-corrected chi connectivity index (χ2v) is 6.42. The number of carbonyl (C=O) groups excluding carboxylic acids is 1. The molecule has 1 aromatic carbocycles. The number of hydrogen-bond acceptors (Lipinski definition) is 2. The molecule has 2 atom stereocenters. The van der Waals surface area contributed by atoms with Crippen LogP contribution in [0, 0.1) is 5.92 Å². The van der Waals surface area contributed by atoms with Gasteiger partial charge in [0.2, 0.25) is 5.91 Å². The van der Waals surface area contributed by atoms with Crippen molar-refractivity contribution in [1.29, 1.82) is 0 Å². The van der Waals surface area contributed by atoms with E-state index in [1.807, 2.05) is 17.0 Å². The van der Waals surface area contributed by atoms with E-state index in [1.165, 1.54) is 11.1 Å². The molecule has 0 saturated heterocycles. The Morgan fingerprint density at radius 1 is 1.33 bits per heavy atom. The number of carbonyl (C=O) groups is 1. The van der Waals surface area contributed by atoms with Gasteiger partial charge in [0.15, 0.2) is 0 Å². The van der Waals surface area contributed by atoms with Crippen LogP contribution in [0.25, 0.3) is 0 Å². The summed E-state index contributed by atoms with van der Waals surface area (Å²) in [5.74, 6) is 0.408. The molecule has 0 aromatic heterocycles. The van der Waals surface area contributed by atoms with Gasteiger partial charge in [-0.25, -0.2) is 0 Å². The van der Waals surface area contributed by atoms with Gasteiger partial charge in [0.05, 0.1) is 0 Å². The van der Waals surface area contributed by atoms with E-state index < -0.39 is 0 Å². The van der Waals surface area contributed by atoms with E-state index >= 15 is 0 Å². The molecule has 0 spiro atoms. The Balaban J connectivity index is 0.00000161. The summed E-state index contributed by atoms with van der Waals surface area (Å²) in [7, 11) is 0. The Bertz CT molecular complexity index is 521. The van der Waals surface area contributed by atoms with E-state index in [9.17, 15) is 4.79 Å². The SMILES string of the molecule is Cl.NC1CCCC(C(=O)N2CCc3c(Cl)cccc3C2)C1. The van der Waals surface area contributed by atoms with Crippen LogP contribution in [-0.2, 0) is 17.8 Å². The topological polar surface area (TPSA) is 46.3 Å². The number of nitrogens with two attached hydrogens (primary N) is 1. The number of rotatable bonds is 1. The Morgan fingerprint density at radius 2 is 2.14 bits per heavy atom. The molecule has 116 valence electrons. The first kappa shape index (κ1) is 16.6. The molecule has 1 fully saturated rings. The molecule has 1 saturated carbocycles. The van der Waals surface area contributed by atoms with Crippen molar-refractivity contribution in [3.05, 3.63) is 34.3 Å². The molecule has 1 amide bonds. The lowest BCUT2D eigenvalue weighted by atomic mass is 9.84. The highest BCUT2D eigenvalue weighted by Gasteiger charge is 2.30. The number of nitrogens with zero attached hydrogens (tertiary/aromatic N) is 1. The zero-order valence-corrected chi connectivity index (χ0v) is 13.6. The average Bonchev–Trinajstić information content (AvgIpc) is 2.46. The monoisotopic (exact) mass is 328 g/mol. The summed E-state index contributed by atoms with van der Waals surface area (Å²) in [6, 6.07) is 6.17. The van der Waals surface area contributed by atoms with Crippen LogP contribution in [0.4, 0.5) is 0 Å². The molecular formula is C16H22Cl2N2O.